The number of benzene rings is 2. The predicted molar refractivity (Wildman–Crippen MR) is 107 cm³/mol. The third-order valence-electron chi connectivity index (χ3n) is 4.95. The fourth-order valence-electron chi connectivity index (χ4n) is 3.64. The van der Waals surface area contributed by atoms with Crippen molar-refractivity contribution in [1.29, 1.82) is 0 Å². The van der Waals surface area contributed by atoms with E-state index in [9.17, 15) is 0 Å². The first kappa shape index (κ1) is 16.6. The molecule has 2 aromatic carbocycles. The van der Waals surface area contributed by atoms with Crippen LogP contribution in [-0.2, 0) is 13.0 Å². The summed E-state index contributed by atoms with van der Waals surface area (Å²) in [6, 6.07) is 20.9. The van der Waals surface area contributed by atoms with Crippen LogP contribution in [0, 0.1) is 6.92 Å². The van der Waals surface area contributed by atoms with Gasteiger partial charge in [-0.15, -0.1) is 0 Å². The molecule has 0 fully saturated rings. The van der Waals surface area contributed by atoms with E-state index in [4.69, 9.17) is 4.98 Å². The Bertz CT molecular complexity index is 918. The maximum absolute atomic E-state index is 4.74. The number of fused-ring (bicyclic) bond motifs is 1. The second kappa shape index (κ2) is 6.45. The molecule has 2 heterocycles. The van der Waals surface area contributed by atoms with Gasteiger partial charge in [-0.2, -0.15) is 0 Å². The maximum Gasteiger partial charge on any atom is 0.136 e. The Kier molecular flexibility index (Phi) is 4.11. The van der Waals surface area contributed by atoms with Crippen LogP contribution in [0.3, 0.4) is 0 Å². The second-order valence-corrected chi connectivity index (χ2v) is 7.49. The minimum Gasteiger partial charge on any atom is -0.347 e. The molecule has 1 aromatic heterocycles. The van der Waals surface area contributed by atoms with Gasteiger partial charge in [-0.1, -0.05) is 42.5 Å². The quantitative estimate of drug-likeness (QED) is 0.736. The number of nitrogens with zero attached hydrogens (tertiary/aromatic N) is 3. The first-order chi connectivity index (χ1) is 12.5. The molecule has 3 aromatic rings. The van der Waals surface area contributed by atoms with Gasteiger partial charge in [0.25, 0.3) is 0 Å². The Morgan fingerprint density at radius 3 is 2.38 bits per heavy atom. The Balaban J connectivity index is 1.69. The van der Waals surface area contributed by atoms with E-state index in [1.807, 2.05) is 37.3 Å². The van der Waals surface area contributed by atoms with E-state index in [1.165, 1.54) is 11.1 Å². The van der Waals surface area contributed by atoms with Gasteiger partial charge in [0.15, 0.2) is 0 Å². The fraction of sp³-hybridized carbons (Fsp3) is 0.273. The van der Waals surface area contributed by atoms with E-state index in [0.717, 1.165) is 36.1 Å². The van der Waals surface area contributed by atoms with Crippen molar-refractivity contribution >= 4 is 17.3 Å². The van der Waals surface area contributed by atoms with Crippen molar-refractivity contribution in [3.05, 3.63) is 77.6 Å². The number of para-hydroxylation sites is 1. The number of rotatable bonds is 3. The fourth-order valence-corrected chi connectivity index (χ4v) is 3.64. The highest BCUT2D eigenvalue weighted by Crippen LogP contribution is 2.34. The smallest absolute Gasteiger partial charge is 0.136 e. The van der Waals surface area contributed by atoms with Crippen LogP contribution in [0.4, 0.5) is 17.3 Å². The first-order valence-electron chi connectivity index (χ1n) is 9.03. The molecule has 132 valence electrons. The van der Waals surface area contributed by atoms with E-state index in [0.29, 0.717) is 0 Å². The van der Waals surface area contributed by atoms with Gasteiger partial charge < -0.3 is 10.2 Å². The topological polar surface area (TPSA) is 41.1 Å². The number of anilines is 3. The average Bonchev–Trinajstić information content (AvgIpc) is 2.60. The van der Waals surface area contributed by atoms with E-state index in [-0.39, 0.29) is 5.54 Å². The van der Waals surface area contributed by atoms with Crippen molar-refractivity contribution in [2.24, 2.45) is 0 Å². The molecule has 0 atom stereocenters. The summed E-state index contributed by atoms with van der Waals surface area (Å²) in [4.78, 5) is 11.7. The van der Waals surface area contributed by atoms with Gasteiger partial charge in [-0.25, -0.2) is 9.97 Å². The molecule has 26 heavy (non-hydrogen) atoms. The van der Waals surface area contributed by atoms with Crippen LogP contribution in [0.2, 0.25) is 0 Å². The van der Waals surface area contributed by atoms with Gasteiger partial charge in [0.1, 0.15) is 17.5 Å². The molecule has 4 rings (SSSR count). The molecule has 0 unspecified atom stereocenters. The molecule has 0 spiro atoms. The monoisotopic (exact) mass is 344 g/mol. The zero-order chi connectivity index (χ0) is 18.1. The van der Waals surface area contributed by atoms with E-state index in [1.54, 1.807) is 0 Å². The largest absolute Gasteiger partial charge is 0.347 e. The lowest BCUT2D eigenvalue weighted by atomic mass is 9.85. The maximum atomic E-state index is 4.74. The number of aryl methyl sites for hydroxylation is 1. The van der Waals surface area contributed by atoms with Gasteiger partial charge in [-0.05, 0) is 50.5 Å². The molecule has 0 radical (unpaired) electrons. The van der Waals surface area contributed by atoms with E-state index < -0.39 is 0 Å². The lowest BCUT2D eigenvalue weighted by molar-refractivity contribution is 0.427. The van der Waals surface area contributed by atoms with Crippen molar-refractivity contribution in [3.8, 4) is 0 Å². The second-order valence-electron chi connectivity index (χ2n) is 7.49. The average molecular weight is 344 g/mol. The van der Waals surface area contributed by atoms with Crippen molar-refractivity contribution < 1.29 is 0 Å². The molecule has 0 saturated heterocycles. The van der Waals surface area contributed by atoms with Crippen molar-refractivity contribution in [2.45, 2.75) is 39.3 Å². The standard InChI is InChI=1S/C22H24N4/c1-16-23-20(25-19-11-5-4-6-12-19)13-21(24-16)26-15-18-10-8-7-9-17(18)14-22(26,2)3/h4-13H,14-15H2,1-3H3,(H,23,24,25). The van der Waals surface area contributed by atoms with Gasteiger partial charge in [-0.3, -0.25) is 0 Å². The predicted octanol–water partition coefficient (Wildman–Crippen LogP) is 4.87. The summed E-state index contributed by atoms with van der Waals surface area (Å²) >= 11 is 0. The van der Waals surface area contributed by atoms with Crippen LogP contribution in [0.15, 0.2) is 60.7 Å². The SMILES string of the molecule is Cc1nc(Nc2ccccc2)cc(N2Cc3ccccc3CC2(C)C)n1. The van der Waals surface area contributed by atoms with Crippen LogP contribution in [0.5, 0.6) is 0 Å². The molecule has 1 aliphatic heterocycles. The molecular weight excluding hydrogens is 320 g/mol. The van der Waals surface area contributed by atoms with Gasteiger partial charge >= 0.3 is 0 Å². The summed E-state index contributed by atoms with van der Waals surface area (Å²) in [5.74, 6) is 2.57. The Morgan fingerprint density at radius 1 is 0.923 bits per heavy atom. The highest BCUT2D eigenvalue weighted by molar-refractivity contribution is 5.60. The van der Waals surface area contributed by atoms with E-state index >= 15 is 0 Å². The van der Waals surface area contributed by atoms with E-state index in [2.05, 4.69) is 59.4 Å². The summed E-state index contributed by atoms with van der Waals surface area (Å²) in [6.45, 7) is 7.38. The Morgan fingerprint density at radius 2 is 1.62 bits per heavy atom. The van der Waals surface area contributed by atoms with Crippen LogP contribution in [0.25, 0.3) is 0 Å². The third kappa shape index (κ3) is 3.27. The van der Waals surface area contributed by atoms with Crippen LogP contribution in [0.1, 0.15) is 30.8 Å². The van der Waals surface area contributed by atoms with Crippen molar-refractivity contribution in [1.82, 2.24) is 9.97 Å². The molecule has 0 bridgehead atoms. The normalized spacial score (nSPS) is 15.4. The summed E-state index contributed by atoms with van der Waals surface area (Å²) in [7, 11) is 0. The summed E-state index contributed by atoms with van der Waals surface area (Å²) in [5.41, 5.74) is 3.83. The van der Waals surface area contributed by atoms with Gasteiger partial charge in [0, 0.05) is 23.8 Å². The van der Waals surface area contributed by atoms with Gasteiger partial charge in [0.05, 0.1) is 0 Å². The minimum atomic E-state index is -0.000830. The third-order valence-corrected chi connectivity index (χ3v) is 4.95. The number of hydrogen-bond acceptors (Lipinski definition) is 4. The zero-order valence-electron chi connectivity index (χ0n) is 15.5. The van der Waals surface area contributed by atoms with Gasteiger partial charge in [0.2, 0.25) is 0 Å². The van der Waals surface area contributed by atoms with Crippen molar-refractivity contribution in [2.75, 3.05) is 10.2 Å². The van der Waals surface area contributed by atoms with Crippen molar-refractivity contribution in [3.63, 3.8) is 0 Å². The lowest BCUT2D eigenvalue weighted by Crippen LogP contribution is -2.49. The first-order valence-corrected chi connectivity index (χ1v) is 9.03. The van der Waals surface area contributed by atoms with Crippen LogP contribution >= 0.6 is 0 Å². The molecule has 4 heteroatoms. The number of aromatic nitrogens is 2. The molecule has 0 aliphatic carbocycles. The molecule has 0 saturated carbocycles. The zero-order valence-corrected chi connectivity index (χ0v) is 15.5. The molecule has 1 aliphatic rings. The Labute approximate surface area is 154 Å². The van der Waals surface area contributed by atoms with Crippen LogP contribution in [-0.4, -0.2) is 15.5 Å². The number of hydrogen-bond donors (Lipinski definition) is 1. The molecule has 0 amide bonds. The highest BCUT2D eigenvalue weighted by atomic mass is 15.3. The number of nitrogens with one attached hydrogen (secondary N) is 1. The minimum absolute atomic E-state index is 0.000830. The van der Waals surface area contributed by atoms with Crippen LogP contribution < -0.4 is 10.2 Å². The lowest BCUT2D eigenvalue weighted by Gasteiger charge is -2.44. The molecule has 1 N–H and O–H groups in total. The molecular formula is C22H24N4. The Hall–Kier alpha value is -2.88. The molecule has 4 nitrogen and oxygen atoms in total. The summed E-state index contributed by atoms with van der Waals surface area (Å²) in [6.07, 6.45) is 1.01. The summed E-state index contributed by atoms with van der Waals surface area (Å²) < 4.78 is 0. The highest BCUT2D eigenvalue weighted by Gasteiger charge is 2.33. The summed E-state index contributed by atoms with van der Waals surface area (Å²) in [5, 5.41) is 3.39.